The number of aromatic nitrogens is 2. The van der Waals surface area contributed by atoms with Crippen LogP contribution in [-0.4, -0.2) is 14.9 Å². The lowest BCUT2D eigenvalue weighted by atomic mass is 9.95. The molecule has 0 atom stereocenters. The number of nitrogens with zero attached hydrogens (tertiary/aromatic N) is 2. The molecular formula is C14H19N3S. The molecule has 3 nitrogen and oxygen atoms in total. The van der Waals surface area contributed by atoms with Gasteiger partial charge in [-0.05, 0) is 39.2 Å². The zero-order chi connectivity index (χ0) is 13.0. The summed E-state index contributed by atoms with van der Waals surface area (Å²) < 4.78 is 4.19. The molecule has 0 amide bonds. The van der Waals surface area contributed by atoms with Crippen LogP contribution in [0.3, 0.4) is 0 Å². The predicted octanol–water partition coefficient (Wildman–Crippen LogP) is 3.67. The summed E-state index contributed by atoms with van der Waals surface area (Å²) in [5.74, 6) is 0.835. The average molecular weight is 261 g/mol. The molecule has 0 bridgehead atoms. The number of hydrogen-bond acceptors (Lipinski definition) is 4. The normalized spacial score (nSPS) is 11.5. The van der Waals surface area contributed by atoms with E-state index in [2.05, 4.69) is 58.9 Å². The average Bonchev–Trinajstić information content (AvgIpc) is 2.73. The highest BCUT2D eigenvalue weighted by Crippen LogP contribution is 2.21. The lowest BCUT2D eigenvalue weighted by Crippen LogP contribution is -2.31. The molecule has 0 aliphatic carbocycles. The summed E-state index contributed by atoms with van der Waals surface area (Å²) >= 11 is 1.43. The summed E-state index contributed by atoms with van der Waals surface area (Å²) in [6, 6.07) is 10.6. The highest BCUT2D eigenvalue weighted by atomic mass is 32.1. The quantitative estimate of drug-likeness (QED) is 0.892. The summed E-state index contributed by atoms with van der Waals surface area (Å²) in [5.41, 5.74) is 1.41. The molecule has 2 rings (SSSR count). The molecule has 0 fully saturated rings. The molecule has 0 saturated carbocycles. The van der Waals surface area contributed by atoms with Crippen molar-refractivity contribution in [2.24, 2.45) is 0 Å². The molecule has 18 heavy (non-hydrogen) atoms. The number of hydrogen-bond donors (Lipinski definition) is 1. The zero-order valence-corrected chi connectivity index (χ0v) is 11.9. The van der Waals surface area contributed by atoms with Crippen molar-refractivity contribution >= 4 is 16.7 Å². The first-order valence-electron chi connectivity index (χ1n) is 6.18. The Morgan fingerprint density at radius 3 is 2.56 bits per heavy atom. The largest absolute Gasteiger partial charge is 0.355 e. The monoisotopic (exact) mass is 261 g/mol. The van der Waals surface area contributed by atoms with Crippen LogP contribution in [0.4, 0.5) is 5.13 Å². The summed E-state index contributed by atoms with van der Waals surface area (Å²) in [5, 5.41) is 4.36. The first-order chi connectivity index (χ1) is 8.55. The minimum atomic E-state index is 0.0296. The first kappa shape index (κ1) is 13.0. The lowest BCUT2D eigenvalue weighted by molar-refractivity contribution is 0.518. The van der Waals surface area contributed by atoms with Gasteiger partial charge < -0.3 is 5.32 Å². The Bertz CT molecular complexity index is 491. The van der Waals surface area contributed by atoms with Gasteiger partial charge in [-0.15, -0.1) is 0 Å². The fraction of sp³-hybridized carbons (Fsp3) is 0.429. The van der Waals surface area contributed by atoms with Crippen molar-refractivity contribution < 1.29 is 0 Å². The van der Waals surface area contributed by atoms with Crippen LogP contribution in [0.1, 0.15) is 31.7 Å². The minimum absolute atomic E-state index is 0.0296. The van der Waals surface area contributed by atoms with Crippen LogP contribution in [0.5, 0.6) is 0 Å². The van der Waals surface area contributed by atoms with Gasteiger partial charge in [0.2, 0.25) is 5.13 Å². The standard InChI is InChI=1S/C14H19N3S/c1-11-15-13(18-17-11)16-14(2,3)10-9-12-7-5-4-6-8-12/h4-8H,9-10H2,1-3H3,(H,15,16,17). The molecule has 0 spiro atoms. The van der Waals surface area contributed by atoms with Crippen molar-refractivity contribution in [3.63, 3.8) is 0 Å². The SMILES string of the molecule is Cc1nsc(NC(C)(C)CCc2ccccc2)n1. The molecule has 1 N–H and O–H groups in total. The van der Waals surface area contributed by atoms with Crippen LogP contribution in [-0.2, 0) is 6.42 Å². The van der Waals surface area contributed by atoms with E-state index in [1.165, 1.54) is 17.1 Å². The molecule has 2 aromatic rings. The molecule has 0 saturated heterocycles. The minimum Gasteiger partial charge on any atom is -0.355 e. The summed E-state index contributed by atoms with van der Waals surface area (Å²) in [4.78, 5) is 4.35. The van der Waals surface area contributed by atoms with E-state index in [0.29, 0.717) is 0 Å². The van der Waals surface area contributed by atoms with E-state index in [-0.39, 0.29) is 5.54 Å². The maximum Gasteiger partial charge on any atom is 0.202 e. The van der Waals surface area contributed by atoms with Crippen molar-refractivity contribution in [1.29, 1.82) is 0 Å². The first-order valence-corrected chi connectivity index (χ1v) is 6.95. The number of benzene rings is 1. The third-order valence-electron chi connectivity index (χ3n) is 2.85. The molecule has 0 aliphatic heterocycles. The Balaban J connectivity index is 1.91. The third-order valence-corrected chi connectivity index (χ3v) is 3.58. The van der Waals surface area contributed by atoms with E-state index in [4.69, 9.17) is 0 Å². The molecular weight excluding hydrogens is 242 g/mol. The van der Waals surface area contributed by atoms with E-state index >= 15 is 0 Å². The Labute approximate surface area is 112 Å². The fourth-order valence-corrected chi connectivity index (χ4v) is 2.56. The molecule has 0 aliphatic rings. The highest BCUT2D eigenvalue weighted by molar-refractivity contribution is 7.09. The highest BCUT2D eigenvalue weighted by Gasteiger charge is 2.18. The Kier molecular flexibility index (Phi) is 3.97. The van der Waals surface area contributed by atoms with Gasteiger partial charge in [-0.1, -0.05) is 30.3 Å². The lowest BCUT2D eigenvalue weighted by Gasteiger charge is -2.25. The second kappa shape index (κ2) is 5.48. The number of rotatable bonds is 5. The molecule has 1 heterocycles. The van der Waals surface area contributed by atoms with Gasteiger partial charge in [-0.25, -0.2) is 4.98 Å². The number of aryl methyl sites for hydroxylation is 2. The van der Waals surface area contributed by atoms with E-state index < -0.39 is 0 Å². The Morgan fingerprint density at radius 2 is 1.94 bits per heavy atom. The smallest absolute Gasteiger partial charge is 0.202 e. The van der Waals surface area contributed by atoms with E-state index in [9.17, 15) is 0 Å². The van der Waals surface area contributed by atoms with Gasteiger partial charge in [0.15, 0.2) is 0 Å². The van der Waals surface area contributed by atoms with Crippen molar-refractivity contribution in [1.82, 2.24) is 9.36 Å². The van der Waals surface area contributed by atoms with Gasteiger partial charge in [0.25, 0.3) is 0 Å². The van der Waals surface area contributed by atoms with Gasteiger partial charge in [0, 0.05) is 17.1 Å². The molecule has 0 radical (unpaired) electrons. The maximum absolute atomic E-state index is 4.35. The molecule has 1 aromatic heterocycles. The zero-order valence-electron chi connectivity index (χ0n) is 11.1. The Morgan fingerprint density at radius 1 is 1.22 bits per heavy atom. The van der Waals surface area contributed by atoms with Crippen LogP contribution < -0.4 is 5.32 Å². The Hall–Kier alpha value is -1.42. The second-order valence-electron chi connectivity index (χ2n) is 5.14. The summed E-state index contributed by atoms with van der Waals surface area (Å²) in [7, 11) is 0. The van der Waals surface area contributed by atoms with Gasteiger partial charge >= 0.3 is 0 Å². The van der Waals surface area contributed by atoms with E-state index in [1.54, 1.807) is 0 Å². The van der Waals surface area contributed by atoms with Gasteiger partial charge in [0.1, 0.15) is 5.82 Å². The summed E-state index contributed by atoms with van der Waals surface area (Å²) in [6.45, 7) is 6.32. The van der Waals surface area contributed by atoms with Crippen LogP contribution in [0, 0.1) is 6.92 Å². The van der Waals surface area contributed by atoms with Crippen molar-refractivity contribution in [3.8, 4) is 0 Å². The predicted molar refractivity (Wildman–Crippen MR) is 77.1 cm³/mol. The van der Waals surface area contributed by atoms with Crippen molar-refractivity contribution in [3.05, 3.63) is 41.7 Å². The van der Waals surface area contributed by atoms with Gasteiger partial charge in [0.05, 0.1) is 0 Å². The molecule has 0 unspecified atom stereocenters. The van der Waals surface area contributed by atoms with Crippen molar-refractivity contribution in [2.45, 2.75) is 39.2 Å². The van der Waals surface area contributed by atoms with Crippen LogP contribution in [0.25, 0.3) is 0 Å². The second-order valence-corrected chi connectivity index (χ2v) is 5.89. The van der Waals surface area contributed by atoms with Crippen LogP contribution >= 0.6 is 11.5 Å². The van der Waals surface area contributed by atoms with E-state index in [1.807, 2.05) is 6.92 Å². The van der Waals surface area contributed by atoms with Gasteiger partial charge in [-0.2, -0.15) is 4.37 Å². The fourth-order valence-electron chi connectivity index (χ4n) is 1.80. The van der Waals surface area contributed by atoms with E-state index in [0.717, 1.165) is 23.8 Å². The number of nitrogens with one attached hydrogen (secondary N) is 1. The molecule has 4 heteroatoms. The third kappa shape index (κ3) is 3.81. The maximum atomic E-state index is 4.35. The van der Waals surface area contributed by atoms with Crippen molar-refractivity contribution in [2.75, 3.05) is 5.32 Å². The van der Waals surface area contributed by atoms with Crippen LogP contribution in [0.2, 0.25) is 0 Å². The molecule has 96 valence electrons. The summed E-state index contributed by atoms with van der Waals surface area (Å²) in [6.07, 6.45) is 2.13. The molecule has 1 aromatic carbocycles. The number of anilines is 1. The van der Waals surface area contributed by atoms with Gasteiger partial charge in [-0.3, -0.25) is 0 Å². The topological polar surface area (TPSA) is 37.8 Å². The van der Waals surface area contributed by atoms with Crippen LogP contribution in [0.15, 0.2) is 30.3 Å².